The van der Waals surface area contributed by atoms with Crippen molar-refractivity contribution in [3.63, 3.8) is 0 Å². The lowest BCUT2D eigenvalue weighted by Gasteiger charge is -2.61. The standard InChI is InChI=1S/C19H30O3/c1-18-8-7-15-13(14(18)5-6-16(18)21)4-3-11-9-12(20)10-17(22)19(11,15)2/h11-15,17,20,22H,3-10H2,1-2H3/t11?,12-,13+,14+,15+,17+,18+,19+/m1/s1. The molecule has 4 aliphatic rings. The summed E-state index contributed by atoms with van der Waals surface area (Å²) in [5.41, 5.74) is -0.126. The third kappa shape index (κ3) is 1.78. The Morgan fingerprint density at radius 1 is 1.00 bits per heavy atom. The Hall–Kier alpha value is -0.410. The lowest BCUT2D eigenvalue weighted by Crippen LogP contribution is -2.59. The molecule has 124 valence electrons. The topological polar surface area (TPSA) is 57.5 Å². The number of hydrogen-bond donors (Lipinski definition) is 2. The van der Waals surface area contributed by atoms with Gasteiger partial charge in [-0.2, -0.15) is 0 Å². The summed E-state index contributed by atoms with van der Waals surface area (Å²) in [5.74, 6) is 2.63. The van der Waals surface area contributed by atoms with E-state index in [9.17, 15) is 15.0 Å². The van der Waals surface area contributed by atoms with Crippen molar-refractivity contribution in [2.75, 3.05) is 0 Å². The molecule has 4 saturated carbocycles. The smallest absolute Gasteiger partial charge is 0.139 e. The van der Waals surface area contributed by atoms with E-state index in [0.717, 1.165) is 38.5 Å². The highest BCUT2D eigenvalue weighted by atomic mass is 16.3. The fourth-order valence-electron chi connectivity index (χ4n) is 7.07. The molecule has 0 aromatic rings. The average Bonchev–Trinajstić information content (AvgIpc) is 2.77. The summed E-state index contributed by atoms with van der Waals surface area (Å²) < 4.78 is 0. The average molecular weight is 306 g/mol. The molecule has 3 nitrogen and oxygen atoms in total. The van der Waals surface area contributed by atoms with Gasteiger partial charge in [-0.25, -0.2) is 0 Å². The van der Waals surface area contributed by atoms with E-state index in [2.05, 4.69) is 13.8 Å². The zero-order valence-electron chi connectivity index (χ0n) is 13.9. The van der Waals surface area contributed by atoms with Gasteiger partial charge in [0.05, 0.1) is 12.2 Å². The van der Waals surface area contributed by atoms with Crippen molar-refractivity contribution in [2.45, 2.75) is 77.4 Å². The lowest BCUT2D eigenvalue weighted by molar-refractivity contribution is -0.179. The largest absolute Gasteiger partial charge is 0.393 e. The molecule has 0 radical (unpaired) electrons. The van der Waals surface area contributed by atoms with E-state index in [1.165, 1.54) is 6.42 Å². The van der Waals surface area contributed by atoms with Crippen LogP contribution in [0.5, 0.6) is 0 Å². The first kappa shape index (κ1) is 15.1. The van der Waals surface area contributed by atoms with Crippen LogP contribution in [-0.2, 0) is 4.79 Å². The van der Waals surface area contributed by atoms with E-state index in [4.69, 9.17) is 0 Å². The molecule has 1 unspecified atom stereocenters. The first-order valence-electron chi connectivity index (χ1n) is 9.26. The van der Waals surface area contributed by atoms with Crippen LogP contribution in [0.2, 0.25) is 0 Å². The van der Waals surface area contributed by atoms with E-state index in [1.807, 2.05) is 0 Å². The predicted octanol–water partition coefficient (Wildman–Crippen LogP) is 2.93. The fraction of sp³-hybridized carbons (Fsp3) is 0.947. The molecule has 22 heavy (non-hydrogen) atoms. The molecule has 0 aromatic heterocycles. The molecular weight excluding hydrogens is 276 g/mol. The molecule has 0 amide bonds. The van der Waals surface area contributed by atoms with Crippen LogP contribution >= 0.6 is 0 Å². The molecule has 0 saturated heterocycles. The molecule has 4 fully saturated rings. The number of Topliss-reactive ketones (excluding diaryl/α,β-unsaturated/α-hetero) is 1. The Bertz CT molecular complexity index is 489. The first-order valence-corrected chi connectivity index (χ1v) is 9.26. The summed E-state index contributed by atoms with van der Waals surface area (Å²) in [6.45, 7) is 4.49. The van der Waals surface area contributed by atoms with Gasteiger partial charge < -0.3 is 10.2 Å². The van der Waals surface area contributed by atoms with Crippen LogP contribution in [-0.4, -0.2) is 28.2 Å². The summed E-state index contributed by atoms with van der Waals surface area (Å²) in [6.07, 6.45) is 6.93. The number of ketones is 1. The predicted molar refractivity (Wildman–Crippen MR) is 84.1 cm³/mol. The molecule has 2 N–H and O–H groups in total. The van der Waals surface area contributed by atoms with Crippen LogP contribution in [0, 0.1) is 34.5 Å². The van der Waals surface area contributed by atoms with Crippen molar-refractivity contribution in [3.8, 4) is 0 Å². The Kier molecular flexibility index (Phi) is 3.30. The molecular formula is C19H30O3. The van der Waals surface area contributed by atoms with E-state index in [0.29, 0.717) is 35.9 Å². The van der Waals surface area contributed by atoms with Crippen molar-refractivity contribution in [2.24, 2.45) is 34.5 Å². The third-order valence-corrected chi connectivity index (χ3v) is 8.44. The van der Waals surface area contributed by atoms with Crippen LogP contribution in [0.25, 0.3) is 0 Å². The van der Waals surface area contributed by atoms with E-state index >= 15 is 0 Å². The van der Waals surface area contributed by atoms with Crippen molar-refractivity contribution in [1.82, 2.24) is 0 Å². The number of carbonyl (C=O) groups is 1. The second kappa shape index (κ2) is 4.80. The number of rotatable bonds is 0. The quantitative estimate of drug-likeness (QED) is 0.723. The van der Waals surface area contributed by atoms with E-state index in [1.54, 1.807) is 0 Å². The third-order valence-electron chi connectivity index (χ3n) is 8.44. The molecule has 8 atom stereocenters. The Morgan fingerprint density at radius 3 is 2.55 bits per heavy atom. The van der Waals surface area contributed by atoms with Crippen molar-refractivity contribution in [1.29, 1.82) is 0 Å². The molecule has 0 spiro atoms. The Balaban J connectivity index is 1.67. The zero-order valence-corrected chi connectivity index (χ0v) is 13.9. The highest BCUT2D eigenvalue weighted by Crippen LogP contribution is 2.65. The van der Waals surface area contributed by atoms with Gasteiger partial charge in [-0.3, -0.25) is 4.79 Å². The van der Waals surface area contributed by atoms with Gasteiger partial charge in [0.1, 0.15) is 5.78 Å². The van der Waals surface area contributed by atoms with Crippen molar-refractivity contribution < 1.29 is 15.0 Å². The minimum Gasteiger partial charge on any atom is -0.393 e. The highest BCUT2D eigenvalue weighted by molar-refractivity contribution is 5.87. The van der Waals surface area contributed by atoms with E-state index in [-0.39, 0.29) is 23.0 Å². The van der Waals surface area contributed by atoms with Crippen LogP contribution < -0.4 is 0 Å². The van der Waals surface area contributed by atoms with Gasteiger partial charge in [0.25, 0.3) is 0 Å². The Morgan fingerprint density at radius 2 is 1.77 bits per heavy atom. The number of carbonyl (C=O) groups excluding carboxylic acids is 1. The SMILES string of the molecule is C[C@]12C(CC[C@@H]3[C@@H]1CC[C@]1(C)C(=O)CC[C@@H]31)C[C@@H](O)C[C@@H]2O. The summed E-state index contributed by atoms with van der Waals surface area (Å²) in [6, 6.07) is 0. The molecule has 0 aliphatic heterocycles. The zero-order chi connectivity index (χ0) is 15.7. The second-order valence-corrected chi connectivity index (χ2v) is 9.08. The van der Waals surface area contributed by atoms with Crippen LogP contribution in [0.15, 0.2) is 0 Å². The molecule has 4 aliphatic carbocycles. The van der Waals surface area contributed by atoms with Gasteiger partial charge in [0.15, 0.2) is 0 Å². The molecule has 4 rings (SSSR count). The maximum atomic E-state index is 12.4. The lowest BCUT2D eigenvalue weighted by atomic mass is 9.44. The number of fused-ring (bicyclic) bond motifs is 5. The van der Waals surface area contributed by atoms with Gasteiger partial charge in [0.2, 0.25) is 0 Å². The molecule has 0 aromatic carbocycles. The number of hydrogen-bond acceptors (Lipinski definition) is 3. The fourth-order valence-corrected chi connectivity index (χ4v) is 7.07. The summed E-state index contributed by atoms with van der Waals surface area (Å²) in [4.78, 5) is 12.4. The van der Waals surface area contributed by atoms with E-state index < -0.39 is 0 Å². The molecule has 3 heteroatoms. The first-order chi connectivity index (χ1) is 10.4. The maximum Gasteiger partial charge on any atom is 0.139 e. The van der Waals surface area contributed by atoms with Gasteiger partial charge >= 0.3 is 0 Å². The van der Waals surface area contributed by atoms with Crippen LogP contribution in [0.1, 0.15) is 65.2 Å². The molecule has 0 bridgehead atoms. The number of aliphatic hydroxyl groups is 2. The second-order valence-electron chi connectivity index (χ2n) is 9.08. The Labute approximate surface area is 133 Å². The monoisotopic (exact) mass is 306 g/mol. The molecule has 0 heterocycles. The summed E-state index contributed by atoms with van der Waals surface area (Å²) in [5, 5.41) is 20.9. The summed E-state index contributed by atoms with van der Waals surface area (Å²) in [7, 11) is 0. The van der Waals surface area contributed by atoms with Gasteiger partial charge in [0, 0.05) is 11.8 Å². The minimum absolute atomic E-state index is 0.0465. The number of aliphatic hydroxyl groups excluding tert-OH is 2. The van der Waals surface area contributed by atoms with Crippen LogP contribution in [0.4, 0.5) is 0 Å². The van der Waals surface area contributed by atoms with Crippen molar-refractivity contribution >= 4 is 5.78 Å². The van der Waals surface area contributed by atoms with Gasteiger partial charge in [-0.05, 0) is 74.0 Å². The normalized spacial score (nSPS) is 57.9. The van der Waals surface area contributed by atoms with Gasteiger partial charge in [-0.1, -0.05) is 13.8 Å². The summed E-state index contributed by atoms with van der Waals surface area (Å²) >= 11 is 0. The highest BCUT2D eigenvalue weighted by Gasteiger charge is 2.62. The van der Waals surface area contributed by atoms with Crippen molar-refractivity contribution in [3.05, 3.63) is 0 Å². The minimum atomic E-state index is -0.379. The maximum absolute atomic E-state index is 12.4. The van der Waals surface area contributed by atoms with Crippen LogP contribution in [0.3, 0.4) is 0 Å². The van der Waals surface area contributed by atoms with Gasteiger partial charge in [-0.15, -0.1) is 0 Å².